The molecule has 0 radical (unpaired) electrons. The Balaban J connectivity index is 1.78. The van der Waals surface area contributed by atoms with Crippen LogP contribution in [0.15, 0.2) is 0 Å². The highest BCUT2D eigenvalue weighted by atomic mass is 16.6. The number of esters is 3. The maximum atomic E-state index is 12.7. The van der Waals surface area contributed by atoms with Crippen LogP contribution in [0.1, 0.15) is 53.9 Å². The van der Waals surface area contributed by atoms with Gasteiger partial charge in [-0.1, -0.05) is 13.8 Å². The number of hydrogen-bond acceptors (Lipinski definition) is 6. The van der Waals surface area contributed by atoms with Gasteiger partial charge in [-0.25, -0.2) is 0 Å². The minimum absolute atomic E-state index is 0.0213. The van der Waals surface area contributed by atoms with E-state index >= 15 is 0 Å². The zero-order chi connectivity index (χ0) is 17.9. The van der Waals surface area contributed by atoms with Gasteiger partial charge in [-0.15, -0.1) is 0 Å². The lowest BCUT2D eigenvalue weighted by Gasteiger charge is -2.32. The second-order valence-electron chi connectivity index (χ2n) is 8.36. The van der Waals surface area contributed by atoms with E-state index in [2.05, 4.69) is 0 Å². The number of carbonyl (C=O) groups excluding carboxylic acids is 3. The van der Waals surface area contributed by atoms with Crippen molar-refractivity contribution in [2.24, 2.45) is 23.2 Å². The fourth-order valence-electron chi connectivity index (χ4n) is 4.22. The smallest absolute Gasteiger partial charge is 0.324 e. The molecule has 0 aromatic heterocycles. The standard InChI is InChI=1S/C18H26O6/c1-6-9(2)14(19)22-12-10-7-11-13(12)23-15(20)18(11,8-10)16(21)24-17(3,4)5/h9-13H,6-8H2,1-5H3. The minimum Gasteiger partial charge on any atom is -0.459 e. The lowest BCUT2D eigenvalue weighted by atomic mass is 9.73. The Morgan fingerprint density at radius 2 is 2.04 bits per heavy atom. The van der Waals surface area contributed by atoms with Crippen molar-refractivity contribution in [2.45, 2.75) is 71.7 Å². The van der Waals surface area contributed by atoms with Crippen LogP contribution in [0.2, 0.25) is 0 Å². The molecule has 6 heteroatoms. The Hall–Kier alpha value is -1.59. The molecule has 0 aromatic rings. The van der Waals surface area contributed by atoms with Gasteiger partial charge in [-0.05, 0) is 40.0 Å². The van der Waals surface area contributed by atoms with Crippen LogP contribution >= 0.6 is 0 Å². The maximum absolute atomic E-state index is 12.7. The normalized spacial score (nSPS) is 38.0. The minimum atomic E-state index is -1.21. The van der Waals surface area contributed by atoms with E-state index in [0.717, 1.165) is 0 Å². The van der Waals surface area contributed by atoms with Crippen molar-refractivity contribution in [2.75, 3.05) is 0 Å². The summed E-state index contributed by atoms with van der Waals surface area (Å²) >= 11 is 0. The van der Waals surface area contributed by atoms with Gasteiger partial charge in [0.15, 0.2) is 5.41 Å². The Kier molecular flexibility index (Phi) is 3.92. The van der Waals surface area contributed by atoms with E-state index in [1.54, 1.807) is 20.8 Å². The van der Waals surface area contributed by atoms with Gasteiger partial charge in [0.05, 0.1) is 5.92 Å². The molecule has 3 fully saturated rings. The highest BCUT2D eigenvalue weighted by Crippen LogP contribution is 2.63. The fraction of sp³-hybridized carbons (Fsp3) is 0.833. The van der Waals surface area contributed by atoms with Crippen LogP contribution in [0.25, 0.3) is 0 Å². The molecule has 134 valence electrons. The largest absolute Gasteiger partial charge is 0.459 e. The molecular weight excluding hydrogens is 312 g/mol. The summed E-state index contributed by atoms with van der Waals surface area (Å²) in [7, 11) is 0. The number of rotatable bonds is 4. The van der Waals surface area contributed by atoms with Crippen molar-refractivity contribution in [1.29, 1.82) is 0 Å². The summed E-state index contributed by atoms with van der Waals surface area (Å²) in [5.74, 6) is -1.73. The predicted molar refractivity (Wildman–Crippen MR) is 83.7 cm³/mol. The molecule has 1 heterocycles. The van der Waals surface area contributed by atoms with E-state index in [9.17, 15) is 14.4 Å². The summed E-state index contributed by atoms with van der Waals surface area (Å²) in [5, 5.41) is 0. The quantitative estimate of drug-likeness (QED) is 0.444. The Morgan fingerprint density at radius 1 is 1.38 bits per heavy atom. The Morgan fingerprint density at radius 3 is 2.62 bits per heavy atom. The topological polar surface area (TPSA) is 78.9 Å². The molecule has 2 saturated carbocycles. The number of hydrogen-bond donors (Lipinski definition) is 0. The van der Waals surface area contributed by atoms with Crippen molar-refractivity contribution in [3.63, 3.8) is 0 Å². The first kappa shape index (κ1) is 17.2. The van der Waals surface area contributed by atoms with Gasteiger partial charge in [-0.3, -0.25) is 14.4 Å². The zero-order valence-corrected chi connectivity index (χ0v) is 15.0. The van der Waals surface area contributed by atoms with E-state index in [1.165, 1.54) is 0 Å². The monoisotopic (exact) mass is 338 g/mol. The third kappa shape index (κ3) is 2.42. The third-order valence-corrected chi connectivity index (χ3v) is 5.60. The van der Waals surface area contributed by atoms with Crippen LogP contribution in [0.4, 0.5) is 0 Å². The van der Waals surface area contributed by atoms with Crippen molar-refractivity contribution >= 4 is 17.9 Å². The molecule has 1 saturated heterocycles. The number of fused-ring (bicyclic) bond motifs is 1. The average Bonchev–Trinajstić information content (AvgIpc) is 3.06. The van der Waals surface area contributed by atoms with Crippen LogP contribution in [-0.2, 0) is 28.6 Å². The van der Waals surface area contributed by atoms with Gasteiger partial charge in [0.2, 0.25) is 0 Å². The third-order valence-electron chi connectivity index (χ3n) is 5.60. The SMILES string of the molecule is CCC(C)C(=O)OC1C2CC3C1OC(=O)C3(C(=O)OC(C)(C)C)C2. The van der Waals surface area contributed by atoms with Crippen LogP contribution < -0.4 is 0 Å². The van der Waals surface area contributed by atoms with E-state index in [-0.39, 0.29) is 23.7 Å². The second-order valence-corrected chi connectivity index (χ2v) is 8.36. The molecule has 6 unspecified atom stereocenters. The molecule has 1 aliphatic heterocycles. The molecule has 0 N–H and O–H groups in total. The van der Waals surface area contributed by atoms with E-state index in [1.807, 2.05) is 13.8 Å². The summed E-state index contributed by atoms with van der Waals surface area (Å²) < 4.78 is 16.6. The molecule has 3 rings (SSSR count). The van der Waals surface area contributed by atoms with Gasteiger partial charge >= 0.3 is 17.9 Å². The molecule has 2 bridgehead atoms. The summed E-state index contributed by atoms with van der Waals surface area (Å²) in [6, 6.07) is 0. The number of carbonyl (C=O) groups is 3. The summed E-state index contributed by atoms with van der Waals surface area (Å²) in [6.07, 6.45) is 0.760. The van der Waals surface area contributed by atoms with Gasteiger partial charge in [0.1, 0.15) is 17.8 Å². The maximum Gasteiger partial charge on any atom is 0.324 e. The molecule has 0 amide bonds. The van der Waals surface area contributed by atoms with Gasteiger partial charge in [0.25, 0.3) is 0 Å². The highest BCUT2D eigenvalue weighted by molar-refractivity contribution is 6.03. The molecule has 3 aliphatic rings. The highest BCUT2D eigenvalue weighted by Gasteiger charge is 2.75. The van der Waals surface area contributed by atoms with E-state index in [0.29, 0.717) is 19.3 Å². The van der Waals surface area contributed by atoms with Crippen molar-refractivity contribution < 1.29 is 28.6 Å². The summed E-state index contributed by atoms with van der Waals surface area (Å²) in [5.41, 5.74) is -1.86. The molecule has 6 atom stereocenters. The molecule has 6 nitrogen and oxygen atoms in total. The van der Waals surface area contributed by atoms with E-state index < -0.39 is 35.2 Å². The first-order chi connectivity index (χ1) is 11.1. The van der Waals surface area contributed by atoms with Gasteiger partial charge in [-0.2, -0.15) is 0 Å². The molecule has 0 aromatic carbocycles. The van der Waals surface area contributed by atoms with Gasteiger partial charge < -0.3 is 14.2 Å². The molecular formula is C18H26O6. The second kappa shape index (κ2) is 5.46. The van der Waals surface area contributed by atoms with Gasteiger partial charge in [0, 0.05) is 11.8 Å². The summed E-state index contributed by atoms with van der Waals surface area (Å²) in [4.78, 5) is 37.3. The Bertz CT molecular complexity index is 577. The first-order valence-electron chi connectivity index (χ1n) is 8.75. The van der Waals surface area contributed by atoms with Crippen molar-refractivity contribution in [1.82, 2.24) is 0 Å². The van der Waals surface area contributed by atoms with Crippen LogP contribution in [0, 0.1) is 23.2 Å². The van der Waals surface area contributed by atoms with Crippen LogP contribution in [0.3, 0.4) is 0 Å². The summed E-state index contributed by atoms with van der Waals surface area (Å²) in [6.45, 7) is 9.09. The van der Waals surface area contributed by atoms with Crippen LogP contribution in [0.5, 0.6) is 0 Å². The molecule has 2 aliphatic carbocycles. The zero-order valence-electron chi connectivity index (χ0n) is 15.0. The molecule has 0 spiro atoms. The average molecular weight is 338 g/mol. The lowest BCUT2D eigenvalue weighted by Crippen LogP contribution is -2.47. The fourth-order valence-corrected chi connectivity index (χ4v) is 4.22. The number of ether oxygens (including phenoxy) is 3. The molecule has 24 heavy (non-hydrogen) atoms. The van der Waals surface area contributed by atoms with Crippen molar-refractivity contribution in [3.8, 4) is 0 Å². The Labute approximate surface area is 142 Å². The lowest BCUT2D eigenvalue weighted by molar-refractivity contribution is -0.174. The first-order valence-corrected chi connectivity index (χ1v) is 8.75. The predicted octanol–water partition coefficient (Wildman–Crippen LogP) is 2.24. The van der Waals surface area contributed by atoms with Crippen LogP contribution in [-0.4, -0.2) is 35.7 Å². The van der Waals surface area contributed by atoms with E-state index in [4.69, 9.17) is 14.2 Å². The van der Waals surface area contributed by atoms with Crippen molar-refractivity contribution in [3.05, 3.63) is 0 Å².